The maximum atomic E-state index is 6.24. The van der Waals surface area contributed by atoms with Gasteiger partial charge in [-0.2, -0.15) is 0 Å². The Kier molecular flexibility index (Phi) is 4.87. The topological polar surface area (TPSA) is 21.7 Å². The number of morpholine rings is 1. The van der Waals surface area contributed by atoms with Gasteiger partial charge in [-0.3, -0.25) is 4.90 Å². The highest BCUT2D eigenvalue weighted by Gasteiger charge is 2.21. The molecule has 0 bridgehead atoms. The second kappa shape index (κ2) is 6.86. The summed E-state index contributed by atoms with van der Waals surface area (Å²) in [5, 5.41) is 2.87. The van der Waals surface area contributed by atoms with Crippen LogP contribution in [0.1, 0.15) is 13.8 Å². The molecule has 2 aromatic rings. The normalized spacial score (nSPS) is 22.9. The van der Waals surface area contributed by atoms with Crippen molar-refractivity contribution < 1.29 is 9.47 Å². The third-order valence-corrected chi connectivity index (χ3v) is 4.32. The first-order valence-electron chi connectivity index (χ1n) is 7.81. The molecule has 0 N–H and O–H groups in total. The average Bonchev–Trinajstić information content (AvgIpc) is 2.49. The van der Waals surface area contributed by atoms with Crippen molar-refractivity contribution in [2.24, 2.45) is 0 Å². The van der Waals surface area contributed by atoms with Gasteiger partial charge in [0, 0.05) is 35.4 Å². The van der Waals surface area contributed by atoms with Crippen molar-refractivity contribution in [1.29, 1.82) is 0 Å². The molecule has 1 fully saturated rings. The van der Waals surface area contributed by atoms with Crippen molar-refractivity contribution in [3.05, 3.63) is 41.4 Å². The number of hydrogen-bond donors (Lipinski definition) is 0. The molecule has 0 spiro atoms. The van der Waals surface area contributed by atoms with Gasteiger partial charge in [-0.05, 0) is 26.0 Å². The number of ether oxygens (including phenoxy) is 2. The molecule has 1 aliphatic heterocycles. The predicted octanol–water partition coefficient (Wildman–Crippen LogP) is 3.98. The molecular weight excluding hydrogens is 298 g/mol. The zero-order valence-corrected chi connectivity index (χ0v) is 13.8. The first-order chi connectivity index (χ1) is 10.6. The zero-order valence-electron chi connectivity index (χ0n) is 13.1. The van der Waals surface area contributed by atoms with Gasteiger partial charge < -0.3 is 9.47 Å². The van der Waals surface area contributed by atoms with Gasteiger partial charge in [0.1, 0.15) is 12.4 Å². The molecule has 22 heavy (non-hydrogen) atoms. The highest BCUT2D eigenvalue weighted by Crippen LogP contribution is 2.31. The van der Waals surface area contributed by atoms with E-state index >= 15 is 0 Å². The van der Waals surface area contributed by atoms with Crippen molar-refractivity contribution in [2.45, 2.75) is 26.1 Å². The molecule has 0 amide bonds. The highest BCUT2D eigenvalue weighted by atomic mass is 35.5. The minimum absolute atomic E-state index is 0.292. The lowest BCUT2D eigenvalue weighted by Gasteiger charge is -2.35. The molecule has 1 heterocycles. The van der Waals surface area contributed by atoms with Gasteiger partial charge in [-0.15, -0.1) is 0 Å². The quantitative estimate of drug-likeness (QED) is 0.850. The Morgan fingerprint density at radius 1 is 1.09 bits per heavy atom. The van der Waals surface area contributed by atoms with E-state index in [1.54, 1.807) is 0 Å². The van der Waals surface area contributed by atoms with Crippen LogP contribution in [0, 0.1) is 0 Å². The van der Waals surface area contributed by atoms with Crippen molar-refractivity contribution in [2.75, 3.05) is 26.2 Å². The Bertz CT molecular complexity index is 636. The summed E-state index contributed by atoms with van der Waals surface area (Å²) < 4.78 is 11.8. The lowest BCUT2D eigenvalue weighted by Crippen LogP contribution is -2.46. The smallest absolute Gasteiger partial charge is 0.127 e. The molecular formula is C18H22ClNO2. The van der Waals surface area contributed by atoms with E-state index in [1.807, 2.05) is 30.3 Å². The van der Waals surface area contributed by atoms with E-state index < -0.39 is 0 Å². The number of halogens is 1. The van der Waals surface area contributed by atoms with Crippen LogP contribution in [0.25, 0.3) is 10.8 Å². The molecule has 118 valence electrons. The molecule has 2 aromatic carbocycles. The van der Waals surface area contributed by atoms with Crippen LogP contribution in [0.4, 0.5) is 0 Å². The van der Waals surface area contributed by atoms with Crippen LogP contribution in [0.2, 0.25) is 5.02 Å². The molecule has 0 aromatic heterocycles. The Hall–Kier alpha value is -1.29. The van der Waals surface area contributed by atoms with Gasteiger partial charge in [0.2, 0.25) is 0 Å². The van der Waals surface area contributed by atoms with E-state index in [0.29, 0.717) is 18.8 Å². The summed E-state index contributed by atoms with van der Waals surface area (Å²) in [6.07, 6.45) is 0.584. The number of hydrogen-bond acceptors (Lipinski definition) is 3. The second-order valence-electron chi connectivity index (χ2n) is 5.96. The van der Waals surface area contributed by atoms with Crippen molar-refractivity contribution in [1.82, 2.24) is 4.90 Å². The maximum Gasteiger partial charge on any atom is 0.127 e. The first kappa shape index (κ1) is 15.6. The molecule has 2 atom stereocenters. The minimum atomic E-state index is 0.292. The van der Waals surface area contributed by atoms with Crippen molar-refractivity contribution >= 4 is 22.4 Å². The van der Waals surface area contributed by atoms with E-state index in [2.05, 4.69) is 24.8 Å². The lowest BCUT2D eigenvalue weighted by atomic mass is 10.1. The molecule has 1 aliphatic rings. The molecule has 3 rings (SSSR count). The number of rotatable bonds is 4. The van der Waals surface area contributed by atoms with Crippen LogP contribution in [0.3, 0.4) is 0 Å². The predicted molar refractivity (Wildman–Crippen MR) is 90.9 cm³/mol. The molecule has 1 saturated heterocycles. The maximum absolute atomic E-state index is 6.24. The van der Waals surface area contributed by atoms with Gasteiger partial charge in [-0.25, -0.2) is 0 Å². The molecule has 0 radical (unpaired) electrons. The Morgan fingerprint density at radius 3 is 2.50 bits per heavy atom. The molecule has 3 nitrogen and oxygen atoms in total. The van der Waals surface area contributed by atoms with E-state index in [0.717, 1.165) is 41.2 Å². The Balaban J connectivity index is 1.64. The summed E-state index contributed by atoms with van der Waals surface area (Å²) in [6, 6.07) is 11.9. The van der Waals surface area contributed by atoms with Crippen molar-refractivity contribution in [3.8, 4) is 5.75 Å². The summed E-state index contributed by atoms with van der Waals surface area (Å²) in [5.74, 6) is 0.898. The average molecular weight is 320 g/mol. The van der Waals surface area contributed by atoms with Crippen LogP contribution in [-0.4, -0.2) is 43.3 Å². The third kappa shape index (κ3) is 3.54. The molecule has 4 heteroatoms. The summed E-state index contributed by atoms with van der Waals surface area (Å²) in [6.45, 7) is 7.76. The summed E-state index contributed by atoms with van der Waals surface area (Å²) in [4.78, 5) is 2.40. The van der Waals surface area contributed by atoms with Crippen LogP contribution < -0.4 is 4.74 Å². The van der Waals surface area contributed by atoms with Gasteiger partial charge in [0.05, 0.1) is 12.2 Å². The van der Waals surface area contributed by atoms with Crippen LogP contribution in [0.15, 0.2) is 36.4 Å². The number of benzene rings is 2. The number of fused-ring (bicyclic) bond motifs is 1. The first-order valence-corrected chi connectivity index (χ1v) is 8.19. The fourth-order valence-electron chi connectivity index (χ4n) is 3.11. The monoisotopic (exact) mass is 319 g/mol. The van der Waals surface area contributed by atoms with Gasteiger partial charge in [0.15, 0.2) is 0 Å². The second-order valence-corrected chi connectivity index (χ2v) is 6.36. The van der Waals surface area contributed by atoms with Crippen LogP contribution in [-0.2, 0) is 4.74 Å². The van der Waals surface area contributed by atoms with Crippen LogP contribution >= 0.6 is 11.6 Å². The van der Waals surface area contributed by atoms with Gasteiger partial charge >= 0.3 is 0 Å². The number of nitrogens with zero attached hydrogens (tertiary/aromatic N) is 1. The lowest BCUT2D eigenvalue weighted by molar-refractivity contribution is -0.0699. The molecule has 0 saturated carbocycles. The Morgan fingerprint density at radius 2 is 1.77 bits per heavy atom. The Labute approximate surface area is 136 Å². The van der Waals surface area contributed by atoms with Gasteiger partial charge in [0.25, 0.3) is 0 Å². The summed E-state index contributed by atoms with van der Waals surface area (Å²) >= 11 is 6.24. The van der Waals surface area contributed by atoms with E-state index in [-0.39, 0.29) is 0 Å². The SMILES string of the molecule is C[C@H]1CN(CCOc2ccc(Cl)c3ccccc23)C[C@H](C)O1. The van der Waals surface area contributed by atoms with Crippen LogP contribution in [0.5, 0.6) is 5.75 Å². The van der Waals surface area contributed by atoms with Crippen molar-refractivity contribution in [3.63, 3.8) is 0 Å². The summed E-state index contributed by atoms with van der Waals surface area (Å²) in [7, 11) is 0. The summed E-state index contributed by atoms with van der Waals surface area (Å²) in [5.41, 5.74) is 0. The fourth-order valence-corrected chi connectivity index (χ4v) is 3.34. The highest BCUT2D eigenvalue weighted by molar-refractivity contribution is 6.35. The van der Waals surface area contributed by atoms with E-state index in [1.165, 1.54) is 0 Å². The third-order valence-electron chi connectivity index (χ3n) is 3.99. The largest absolute Gasteiger partial charge is 0.492 e. The van der Waals surface area contributed by atoms with E-state index in [4.69, 9.17) is 21.1 Å². The van der Waals surface area contributed by atoms with E-state index in [9.17, 15) is 0 Å². The fraction of sp³-hybridized carbons (Fsp3) is 0.444. The molecule has 0 unspecified atom stereocenters. The minimum Gasteiger partial charge on any atom is -0.492 e. The zero-order chi connectivity index (χ0) is 15.5. The van der Waals surface area contributed by atoms with Gasteiger partial charge in [-0.1, -0.05) is 35.9 Å². The molecule has 0 aliphatic carbocycles. The standard InChI is InChI=1S/C18H22ClNO2/c1-13-11-20(12-14(2)22-13)9-10-21-18-8-7-17(19)15-5-3-4-6-16(15)18/h3-8,13-14H,9-12H2,1-2H3/t13-,14-/m0/s1.